The van der Waals surface area contributed by atoms with E-state index in [-0.39, 0.29) is 60.1 Å². The first-order valence-electron chi connectivity index (χ1n) is 16.2. The number of rotatable bonds is 5. The third-order valence-electron chi connectivity index (χ3n) is 9.46. The molecule has 1 amide bonds. The zero-order valence-corrected chi connectivity index (χ0v) is 28.9. The molecule has 49 heavy (non-hydrogen) atoms. The summed E-state index contributed by atoms with van der Waals surface area (Å²) in [7, 11) is -4.30. The fourth-order valence-electron chi connectivity index (χ4n) is 6.24. The highest BCUT2D eigenvalue weighted by atomic mass is 32.2. The first-order valence-corrected chi connectivity index (χ1v) is 17.7. The normalized spacial score (nSPS) is 18.7. The summed E-state index contributed by atoms with van der Waals surface area (Å²) in [6.45, 7) is 9.75. The van der Waals surface area contributed by atoms with E-state index in [9.17, 15) is 26.4 Å². The minimum absolute atomic E-state index is 0.00304. The van der Waals surface area contributed by atoms with E-state index in [1.807, 2.05) is 56.3 Å². The van der Waals surface area contributed by atoms with Gasteiger partial charge in [-0.1, -0.05) is 69.3 Å². The average Bonchev–Trinajstić information content (AvgIpc) is 3.83. The third kappa shape index (κ3) is 7.15. The maximum Gasteiger partial charge on any atom is 0.394 e. The molecule has 258 valence electrons. The van der Waals surface area contributed by atoms with Gasteiger partial charge in [0, 0.05) is 23.7 Å². The van der Waals surface area contributed by atoms with Gasteiger partial charge in [0.05, 0.1) is 22.5 Å². The van der Waals surface area contributed by atoms with Crippen LogP contribution >= 0.6 is 0 Å². The van der Waals surface area contributed by atoms with Crippen LogP contribution in [0.4, 0.5) is 19.1 Å². The standard InChI is InChI=1S/C37H39F3N4O4S/c1-23-8-6-9-24(2)32(23)29-21-31-42-34(41-29)43-49(46,47)28-11-7-10-26(20-28)33(45)44(19-18-36(16-17-36)37(38,39)40)22-30(48-31)25-12-14-27(15-13-25)35(3,4)5/h6-15,20-21,30H,16-19,22H2,1-5H3,(H,41,42,43). The van der Waals surface area contributed by atoms with Crippen LogP contribution in [0, 0.1) is 19.3 Å². The number of aryl methyl sites for hydroxylation is 2. The van der Waals surface area contributed by atoms with Crippen LogP contribution in [0.1, 0.15) is 78.7 Å². The van der Waals surface area contributed by atoms with E-state index >= 15 is 0 Å². The number of aromatic nitrogens is 2. The zero-order chi connectivity index (χ0) is 35.4. The van der Waals surface area contributed by atoms with Crippen LogP contribution in [-0.2, 0) is 15.4 Å². The van der Waals surface area contributed by atoms with Gasteiger partial charge in [0.25, 0.3) is 15.9 Å². The Hall–Kier alpha value is -4.45. The van der Waals surface area contributed by atoms with Crippen molar-refractivity contribution in [3.8, 4) is 17.1 Å². The summed E-state index contributed by atoms with van der Waals surface area (Å²) in [6.07, 6.45) is -5.58. The zero-order valence-electron chi connectivity index (χ0n) is 28.1. The number of amides is 1. The fraction of sp³-hybridized carbons (Fsp3) is 0.378. The number of carbonyl (C=O) groups is 1. The Morgan fingerprint density at radius 1 is 0.939 bits per heavy atom. The SMILES string of the molecule is Cc1cccc(C)c1-c1cc2nc(n1)NS(=O)(=O)c1cccc(c1)C(=O)N(CCC1(C(F)(F)F)CC1)CC(c1ccc(C(C)(C)C)cc1)O2. The number of sulfonamides is 1. The van der Waals surface area contributed by atoms with E-state index in [1.165, 1.54) is 29.2 Å². The van der Waals surface area contributed by atoms with Gasteiger partial charge in [0.15, 0.2) is 0 Å². The number of hydrogen-bond acceptors (Lipinski definition) is 6. The molecule has 12 heteroatoms. The molecule has 1 atom stereocenters. The molecule has 1 fully saturated rings. The molecule has 1 aliphatic heterocycles. The van der Waals surface area contributed by atoms with E-state index in [1.54, 1.807) is 6.07 Å². The van der Waals surface area contributed by atoms with Gasteiger partial charge in [-0.15, -0.1) is 0 Å². The second-order valence-electron chi connectivity index (χ2n) is 14.1. The highest BCUT2D eigenvalue weighted by Gasteiger charge is 2.62. The summed E-state index contributed by atoms with van der Waals surface area (Å²) in [5, 5.41) is 0. The maximum atomic E-state index is 14.1. The van der Waals surface area contributed by atoms with Gasteiger partial charge in [-0.05, 0) is 79.0 Å². The summed E-state index contributed by atoms with van der Waals surface area (Å²) in [5.41, 5.74) is 2.72. The molecule has 0 saturated heterocycles. The molecule has 8 nitrogen and oxygen atoms in total. The van der Waals surface area contributed by atoms with E-state index in [2.05, 4.69) is 35.5 Å². The topological polar surface area (TPSA) is 101 Å². The Balaban J connectivity index is 1.51. The minimum Gasteiger partial charge on any atom is -0.467 e. The first kappa shape index (κ1) is 34.4. The number of carbonyl (C=O) groups excluding carboxylic acids is 1. The Kier molecular flexibility index (Phi) is 8.75. The van der Waals surface area contributed by atoms with Gasteiger partial charge < -0.3 is 9.64 Å². The van der Waals surface area contributed by atoms with Crippen LogP contribution in [0.15, 0.2) is 77.7 Å². The summed E-state index contributed by atoms with van der Waals surface area (Å²) >= 11 is 0. The van der Waals surface area contributed by atoms with Gasteiger partial charge >= 0.3 is 6.18 Å². The minimum atomic E-state index is -4.40. The predicted molar refractivity (Wildman–Crippen MR) is 181 cm³/mol. The van der Waals surface area contributed by atoms with E-state index in [0.717, 1.165) is 22.3 Å². The van der Waals surface area contributed by atoms with Crippen LogP contribution in [0.25, 0.3) is 11.3 Å². The Labute approximate surface area is 284 Å². The number of fused-ring (bicyclic) bond motifs is 4. The number of ether oxygens (including phenoxy) is 1. The Bertz CT molecular complexity index is 1980. The molecule has 0 radical (unpaired) electrons. The van der Waals surface area contributed by atoms with Crippen molar-refractivity contribution in [2.45, 2.75) is 76.5 Å². The lowest BCUT2D eigenvalue weighted by Crippen LogP contribution is -2.39. The lowest BCUT2D eigenvalue weighted by atomic mass is 9.86. The van der Waals surface area contributed by atoms with Crippen molar-refractivity contribution in [1.29, 1.82) is 0 Å². The van der Waals surface area contributed by atoms with Gasteiger partial charge in [0.2, 0.25) is 11.8 Å². The molecule has 1 aliphatic carbocycles. The van der Waals surface area contributed by atoms with Gasteiger partial charge in [0.1, 0.15) is 6.10 Å². The molecule has 4 aromatic rings. The number of nitrogens with zero attached hydrogens (tertiary/aromatic N) is 3. The smallest absolute Gasteiger partial charge is 0.394 e. The van der Waals surface area contributed by atoms with Crippen molar-refractivity contribution < 1.29 is 31.1 Å². The molecule has 1 N–H and O–H groups in total. The number of anilines is 1. The van der Waals surface area contributed by atoms with Crippen LogP contribution in [0.2, 0.25) is 0 Å². The van der Waals surface area contributed by atoms with Crippen LogP contribution in [0.5, 0.6) is 5.88 Å². The van der Waals surface area contributed by atoms with E-state index in [0.29, 0.717) is 11.3 Å². The van der Waals surface area contributed by atoms with E-state index in [4.69, 9.17) is 4.74 Å². The summed E-state index contributed by atoms with van der Waals surface area (Å²) in [6, 6.07) is 20.5. The molecule has 0 spiro atoms. The van der Waals surface area contributed by atoms with Gasteiger partial charge in [-0.3, -0.25) is 4.79 Å². The second kappa shape index (κ2) is 12.5. The fourth-order valence-corrected chi connectivity index (χ4v) is 7.23. The molecule has 6 rings (SSSR count). The molecular weight excluding hydrogens is 653 g/mol. The maximum absolute atomic E-state index is 14.1. The lowest BCUT2D eigenvalue weighted by Gasteiger charge is -2.30. The third-order valence-corrected chi connectivity index (χ3v) is 10.8. The molecule has 1 unspecified atom stereocenters. The van der Waals surface area contributed by atoms with Crippen molar-refractivity contribution in [2.75, 3.05) is 17.8 Å². The van der Waals surface area contributed by atoms with Crippen LogP contribution in [-0.4, -0.2) is 48.5 Å². The number of nitrogens with one attached hydrogen (secondary N) is 1. The number of halogens is 3. The molecule has 4 bridgehead atoms. The number of benzene rings is 3. The van der Waals surface area contributed by atoms with Crippen molar-refractivity contribution in [1.82, 2.24) is 14.9 Å². The van der Waals surface area contributed by atoms with Crippen molar-refractivity contribution in [3.63, 3.8) is 0 Å². The molecule has 1 saturated carbocycles. The van der Waals surface area contributed by atoms with Crippen LogP contribution in [0.3, 0.4) is 0 Å². The monoisotopic (exact) mass is 692 g/mol. The van der Waals surface area contributed by atoms with Crippen LogP contribution < -0.4 is 9.46 Å². The Morgan fingerprint density at radius 2 is 1.59 bits per heavy atom. The second-order valence-corrected chi connectivity index (χ2v) is 15.8. The highest BCUT2D eigenvalue weighted by molar-refractivity contribution is 7.92. The molecule has 2 aliphatic rings. The van der Waals surface area contributed by atoms with Gasteiger partial charge in [-0.25, -0.2) is 18.1 Å². The quantitative estimate of drug-likeness (QED) is 0.227. The largest absolute Gasteiger partial charge is 0.467 e. The Morgan fingerprint density at radius 3 is 2.20 bits per heavy atom. The number of hydrogen-bond donors (Lipinski definition) is 1. The van der Waals surface area contributed by atoms with E-state index < -0.39 is 33.6 Å². The lowest BCUT2D eigenvalue weighted by molar-refractivity contribution is -0.189. The average molecular weight is 693 g/mol. The highest BCUT2D eigenvalue weighted by Crippen LogP contribution is 2.60. The van der Waals surface area contributed by atoms with Crippen molar-refractivity contribution >= 4 is 21.9 Å². The summed E-state index contributed by atoms with van der Waals surface area (Å²) in [5.74, 6) is -0.809. The van der Waals surface area contributed by atoms with Crippen molar-refractivity contribution in [3.05, 3.63) is 101 Å². The molecule has 1 aromatic heterocycles. The molecule has 3 aromatic carbocycles. The van der Waals surface area contributed by atoms with Crippen molar-refractivity contribution in [2.24, 2.45) is 5.41 Å². The first-order chi connectivity index (χ1) is 23.0. The molecule has 2 heterocycles. The van der Waals surface area contributed by atoms with Gasteiger partial charge in [-0.2, -0.15) is 18.2 Å². The predicted octanol–water partition coefficient (Wildman–Crippen LogP) is 8.17. The summed E-state index contributed by atoms with van der Waals surface area (Å²) < 4.78 is 78.3. The molecular formula is C37H39F3N4O4S. The summed E-state index contributed by atoms with van der Waals surface area (Å²) in [4.78, 5) is 24.2. The number of alkyl halides is 3.